The topological polar surface area (TPSA) is 79.4 Å². The number of ether oxygens (including phenoxy) is 2. The second-order valence-electron chi connectivity index (χ2n) is 8.83. The maximum absolute atomic E-state index is 13.5. The number of fused-ring (bicyclic) bond motifs is 1. The number of nitrogens with zero attached hydrogens (tertiary/aromatic N) is 3. The Morgan fingerprint density at radius 2 is 1.58 bits per heavy atom. The summed E-state index contributed by atoms with van der Waals surface area (Å²) >= 11 is 0. The molecule has 1 atom stereocenters. The highest BCUT2D eigenvalue weighted by Crippen LogP contribution is 2.38. The molecule has 0 aromatic heterocycles. The molecule has 3 aromatic carbocycles. The van der Waals surface area contributed by atoms with Gasteiger partial charge >= 0.3 is 6.03 Å². The predicted molar refractivity (Wildman–Crippen MR) is 137 cm³/mol. The summed E-state index contributed by atoms with van der Waals surface area (Å²) in [5.41, 5.74) is 1.01. The van der Waals surface area contributed by atoms with Crippen LogP contribution in [-0.2, 0) is 10.0 Å². The summed E-state index contributed by atoms with van der Waals surface area (Å²) in [6, 6.07) is 22.8. The maximum atomic E-state index is 13.5. The first kappa shape index (κ1) is 24.1. The average Bonchev–Trinajstić information content (AvgIpc) is 3.34. The first-order valence-electron chi connectivity index (χ1n) is 12.0. The molecule has 9 heteroatoms. The van der Waals surface area contributed by atoms with Crippen LogP contribution in [0.4, 0.5) is 16.2 Å². The van der Waals surface area contributed by atoms with E-state index in [2.05, 4.69) is 4.90 Å². The summed E-state index contributed by atoms with van der Waals surface area (Å²) in [5, 5.41) is 0. The minimum absolute atomic E-state index is 0.0297. The van der Waals surface area contributed by atoms with Crippen LogP contribution in [0.1, 0.15) is 12.8 Å². The summed E-state index contributed by atoms with van der Waals surface area (Å²) in [5.74, 6) is 1.42. The molecule has 8 nitrogen and oxygen atoms in total. The number of rotatable bonds is 8. The summed E-state index contributed by atoms with van der Waals surface area (Å²) < 4.78 is 39.3. The largest absolute Gasteiger partial charge is 0.493 e. The molecule has 0 aliphatic carbocycles. The van der Waals surface area contributed by atoms with Crippen molar-refractivity contribution in [3.8, 4) is 11.5 Å². The Hall–Kier alpha value is -3.56. The number of sulfonamides is 1. The molecule has 1 fully saturated rings. The number of benzene rings is 3. The summed E-state index contributed by atoms with van der Waals surface area (Å²) in [6.07, 6.45) is 1.42. The number of urea groups is 1. The zero-order valence-corrected chi connectivity index (χ0v) is 20.9. The SMILES string of the molecule is COc1ccccc1OC1CCN(CCCN2C(=O)N(c3ccccc3)c3ccccc3S2(=O)=O)C1. The molecule has 0 N–H and O–H groups in total. The Morgan fingerprint density at radius 1 is 0.889 bits per heavy atom. The van der Waals surface area contributed by atoms with Crippen molar-refractivity contribution in [1.29, 1.82) is 0 Å². The molecule has 1 saturated heterocycles. The second-order valence-corrected chi connectivity index (χ2v) is 10.7. The van der Waals surface area contributed by atoms with Gasteiger partial charge in [-0.05, 0) is 49.2 Å². The minimum Gasteiger partial charge on any atom is -0.493 e. The van der Waals surface area contributed by atoms with Crippen LogP contribution in [0, 0.1) is 0 Å². The Morgan fingerprint density at radius 3 is 2.36 bits per heavy atom. The van der Waals surface area contributed by atoms with Crippen LogP contribution in [0.2, 0.25) is 0 Å². The number of hydrogen-bond donors (Lipinski definition) is 0. The van der Waals surface area contributed by atoms with Crippen LogP contribution in [0.3, 0.4) is 0 Å². The molecular formula is C27H29N3O5S. The molecule has 1 unspecified atom stereocenters. The molecular weight excluding hydrogens is 478 g/mol. The molecule has 0 radical (unpaired) electrons. The van der Waals surface area contributed by atoms with Crippen molar-refractivity contribution in [2.45, 2.75) is 23.8 Å². The van der Waals surface area contributed by atoms with Crippen LogP contribution in [0.5, 0.6) is 11.5 Å². The van der Waals surface area contributed by atoms with Crippen molar-refractivity contribution in [3.63, 3.8) is 0 Å². The highest BCUT2D eigenvalue weighted by molar-refractivity contribution is 7.90. The minimum atomic E-state index is -3.94. The number of carbonyl (C=O) groups excluding carboxylic acids is 1. The Bertz CT molecular complexity index is 1330. The Labute approximate surface area is 211 Å². The van der Waals surface area contributed by atoms with Gasteiger partial charge in [-0.25, -0.2) is 17.5 Å². The van der Waals surface area contributed by atoms with Crippen LogP contribution in [0.15, 0.2) is 83.8 Å². The van der Waals surface area contributed by atoms with Gasteiger partial charge in [0.2, 0.25) is 0 Å². The number of hydrogen-bond acceptors (Lipinski definition) is 6. The number of likely N-dealkylation sites (tertiary alicyclic amines) is 1. The van der Waals surface area contributed by atoms with Crippen molar-refractivity contribution in [2.24, 2.45) is 0 Å². The number of para-hydroxylation sites is 4. The van der Waals surface area contributed by atoms with Crippen molar-refractivity contribution < 1.29 is 22.7 Å². The fraction of sp³-hybridized carbons (Fsp3) is 0.296. The van der Waals surface area contributed by atoms with Gasteiger partial charge in [0, 0.05) is 26.2 Å². The standard InChI is InChI=1S/C27H29N3O5S/c1-34-24-13-6-7-14-25(24)35-22-16-19-28(20-22)17-9-18-29-27(31)30(21-10-3-2-4-11-21)23-12-5-8-15-26(23)36(29,32)33/h2-8,10-15,22H,9,16-20H2,1H3. The molecule has 0 saturated carbocycles. The molecule has 188 valence electrons. The number of carbonyl (C=O) groups is 1. The summed E-state index contributed by atoms with van der Waals surface area (Å²) in [6.45, 7) is 2.35. The third-order valence-electron chi connectivity index (χ3n) is 6.52. The fourth-order valence-corrected chi connectivity index (χ4v) is 6.34. The predicted octanol–water partition coefficient (Wildman–Crippen LogP) is 4.50. The van der Waals surface area contributed by atoms with Crippen LogP contribution >= 0.6 is 0 Å². The quantitative estimate of drug-likeness (QED) is 0.447. The summed E-state index contributed by atoms with van der Waals surface area (Å²) in [7, 11) is -2.32. The van der Waals surface area contributed by atoms with E-state index in [9.17, 15) is 13.2 Å². The maximum Gasteiger partial charge on any atom is 0.343 e. The first-order valence-corrected chi connectivity index (χ1v) is 13.5. The van der Waals surface area contributed by atoms with Crippen molar-refractivity contribution >= 4 is 27.4 Å². The molecule has 3 aromatic rings. The third-order valence-corrected chi connectivity index (χ3v) is 8.34. The number of methoxy groups -OCH3 is 1. The van der Waals surface area contributed by atoms with E-state index in [1.165, 1.54) is 4.90 Å². The van der Waals surface area contributed by atoms with E-state index in [0.717, 1.165) is 29.6 Å². The molecule has 2 aliphatic rings. The molecule has 0 bridgehead atoms. The summed E-state index contributed by atoms with van der Waals surface area (Å²) in [4.78, 5) is 17.3. The monoisotopic (exact) mass is 507 g/mol. The van der Waals surface area contributed by atoms with E-state index < -0.39 is 16.1 Å². The fourth-order valence-electron chi connectivity index (χ4n) is 4.77. The van der Waals surface area contributed by atoms with Gasteiger partial charge in [0.25, 0.3) is 10.0 Å². The van der Waals surface area contributed by atoms with Crippen LogP contribution in [-0.4, -0.2) is 63.0 Å². The third kappa shape index (κ3) is 4.64. The lowest BCUT2D eigenvalue weighted by Gasteiger charge is -2.36. The highest BCUT2D eigenvalue weighted by Gasteiger charge is 2.41. The van der Waals surface area contributed by atoms with Gasteiger partial charge < -0.3 is 9.47 Å². The van der Waals surface area contributed by atoms with Crippen molar-refractivity contribution in [3.05, 3.63) is 78.9 Å². The first-order chi connectivity index (χ1) is 17.5. The van der Waals surface area contributed by atoms with Gasteiger partial charge in [-0.2, -0.15) is 0 Å². The lowest BCUT2D eigenvalue weighted by Crippen LogP contribution is -2.49. The zero-order chi connectivity index (χ0) is 25.1. The second kappa shape index (κ2) is 10.2. The van der Waals surface area contributed by atoms with Crippen molar-refractivity contribution in [1.82, 2.24) is 9.21 Å². The molecule has 2 aliphatic heterocycles. The molecule has 0 spiro atoms. The number of anilines is 2. The van der Waals surface area contributed by atoms with Gasteiger partial charge in [0.1, 0.15) is 11.0 Å². The molecule has 5 rings (SSSR count). The Kier molecular flexibility index (Phi) is 6.84. The highest BCUT2D eigenvalue weighted by atomic mass is 32.2. The zero-order valence-electron chi connectivity index (χ0n) is 20.1. The molecule has 2 heterocycles. The number of amides is 2. The van der Waals surface area contributed by atoms with E-state index >= 15 is 0 Å². The van der Waals surface area contributed by atoms with Crippen LogP contribution < -0.4 is 14.4 Å². The lowest BCUT2D eigenvalue weighted by molar-refractivity contribution is 0.191. The van der Waals surface area contributed by atoms with Crippen LogP contribution in [0.25, 0.3) is 0 Å². The lowest BCUT2D eigenvalue weighted by atomic mass is 10.2. The van der Waals surface area contributed by atoms with E-state index in [-0.39, 0.29) is 17.5 Å². The van der Waals surface area contributed by atoms with E-state index in [0.29, 0.717) is 30.1 Å². The molecule has 36 heavy (non-hydrogen) atoms. The van der Waals surface area contributed by atoms with Gasteiger partial charge in [-0.15, -0.1) is 0 Å². The van der Waals surface area contributed by atoms with Crippen molar-refractivity contribution in [2.75, 3.05) is 38.2 Å². The van der Waals surface area contributed by atoms with E-state index in [1.807, 2.05) is 42.5 Å². The van der Waals surface area contributed by atoms with E-state index in [4.69, 9.17) is 9.47 Å². The normalized spacial score (nSPS) is 19.2. The smallest absolute Gasteiger partial charge is 0.343 e. The van der Waals surface area contributed by atoms with Gasteiger partial charge in [0.15, 0.2) is 11.5 Å². The molecule has 2 amide bonds. The average molecular weight is 508 g/mol. The van der Waals surface area contributed by atoms with Gasteiger partial charge in [0.05, 0.1) is 18.5 Å². The van der Waals surface area contributed by atoms with Gasteiger partial charge in [-0.3, -0.25) is 9.80 Å². The Balaban J connectivity index is 1.25. The van der Waals surface area contributed by atoms with Gasteiger partial charge in [-0.1, -0.05) is 42.5 Å². The van der Waals surface area contributed by atoms with E-state index in [1.54, 1.807) is 43.5 Å².